The van der Waals surface area contributed by atoms with Crippen molar-refractivity contribution in [1.29, 1.82) is 0 Å². The van der Waals surface area contributed by atoms with E-state index in [1.807, 2.05) is 12.1 Å². The highest BCUT2D eigenvalue weighted by Crippen LogP contribution is 2.24. The van der Waals surface area contributed by atoms with Crippen molar-refractivity contribution in [3.63, 3.8) is 0 Å². The summed E-state index contributed by atoms with van der Waals surface area (Å²) in [6.07, 6.45) is 7.69. The number of rotatable bonds is 6. The first-order chi connectivity index (χ1) is 8.19. The first-order valence-corrected chi connectivity index (χ1v) is 6.60. The summed E-state index contributed by atoms with van der Waals surface area (Å²) in [5.41, 5.74) is 0.692. The lowest BCUT2D eigenvalue weighted by molar-refractivity contribution is 0.478. The normalized spacial score (nSPS) is 12.1. The van der Waals surface area contributed by atoms with Crippen LogP contribution < -0.4 is 5.32 Å². The van der Waals surface area contributed by atoms with E-state index in [0.29, 0.717) is 12.0 Å². The van der Waals surface area contributed by atoms with Crippen LogP contribution in [0.3, 0.4) is 0 Å². The Kier molecular flexibility index (Phi) is 6.25. The Morgan fingerprint density at radius 1 is 1.53 bits per heavy atom. The third-order valence-electron chi connectivity index (χ3n) is 2.56. The van der Waals surface area contributed by atoms with Crippen molar-refractivity contribution in [2.45, 2.75) is 32.2 Å². The summed E-state index contributed by atoms with van der Waals surface area (Å²) in [7, 11) is 0. The van der Waals surface area contributed by atoms with Gasteiger partial charge in [0.2, 0.25) is 0 Å². The highest BCUT2D eigenvalue weighted by Gasteiger charge is 2.14. The zero-order chi connectivity index (χ0) is 12.7. The Hall–Kier alpha value is -0.850. The molecule has 92 valence electrons. The molecule has 0 aliphatic rings. The first-order valence-electron chi connectivity index (χ1n) is 5.80. The van der Waals surface area contributed by atoms with Crippen molar-refractivity contribution in [3.8, 4) is 12.3 Å². The van der Waals surface area contributed by atoms with Crippen LogP contribution in [-0.4, -0.2) is 6.54 Å². The van der Waals surface area contributed by atoms with Gasteiger partial charge in [-0.1, -0.05) is 28.9 Å². The van der Waals surface area contributed by atoms with Gasteiger partial charge in [0, 0.05) is 22.5 Å². The second-order valence-corrected chi connectivity index (χ2v) is 4.83. The Balaban J connectivity index is 2.83. The molecule has 0 amide bonds. The van der Waals surface area contributed by atoms with Crippen LogP contribution in [-0.2, 0) is 0 Å². The van der Waals surface area contributed by atoms with Gasteiger partial charge in [0.25, 0.3) is 0 Å². The first kappa shape index (κ1) is 14.2. The summed E-state index contributed by atoms with van der Waals surface area (Å²) in [4.78, 5) is 0. The van der Waals surface area contributed by atoms with Crippen molar-refractivity contribution < 1.29 is 4.39 Å². The summed E-state index contributed by atoms with van der Waals surface area (Å²) >= 11 is 3.26. The number of nitrogens with one attached hydrogen (secondary N) is 1. The molecule has 0 aromatic heterocycles. The van der Waals surface area contributed by atoms with E-state index in [1.165, 1.54) is 6.07 Å². The second kappa shape index (κ2) is 7.47. The predicted octanol–water partition coefficient (Wildman–Crippen LogP) is 4.04. The molecule has 17 heavy (non-hydrogen) atoms. The van der Waals surface area contributed by atoms with E-state index in [2.05, 4.69) is 34.1 Å². The van der Waals surface area contributed by atoms with Crippen LogP contribution in [0.4, 0.5) is 4.39 Å². The number of halogens is 2. The van der Waals surface area contributed by atoms with E-state index < -0.39 is 0 Å². The van der Waals surface area contributed by atoms with Gasteiger partial charge in [0.15, 0.2) is 0 Å². The van der Waals surface area contributed by atoms with Gasteiger partial charge in [-0.25, -0.2) is 4.39 Å². The average molecular weight is 298 g/mol. The van der Waals surface area contributed by atoms with E-state index >= 15 is 0 Å². The largest absolute Gasteiger partial charge is 0.310 e. The number of benzene rings is 1. The van der Waals surface area contributed by atoms with E-state index in [1.54, 1.807) is 0 Å². The minimum absolute atomic E-state index is 0.000833. The summed E-state index contributed by atoms with van der Waals surface area (Å²) in [6, 6.07) is 5.16. The van der Waals surface area contributed by atoms with Gasteiger partial charge >= 0.3 is 0 Å². The lowest BCUT2D eigenvalue weighted by atomic mass is 10.0. The molecule has 1 rings (SSSR count). The zero-order valence-electron chi connectivity index (χ0n) is 9.97. The fourth-order valence-electron chi connectivity index (χ4n) is 1.70. The van der Waals surface area contributed by atoms with Crippen LogP contribution >= 0.6 is 15.9 Å². The Morgan fingerprint density at radius 3 is 2.88 bits per heavy atom. The molecule has 1 N–H and O–H groups in total. The second-order valence-electron chi connectivity index (χ2n) is 3.92. The van der Waals surface area contributed by atoms with Gasteiger partial charge in [-0.2, -0.15) is 0 Å². The molecule has 0 spiro atoms. The molecule has 0 saturated heterocycles. The van der Waals surface area contributed by atoms with Crippen molar-refractivity contribution >= 4 is 15.9 Å². The third kappa shape index (κ3) is 4.49. The van der Waals surface area contributed by atoms with Gasteiger partial charge in [-0.05, 0) is 31.5 Å². The quantitative estimate of drug-likeness (QED) is 0.782. The van der Waals surface area contributed by atoms with Gasteiger partial charge in [0.1, 0.15) is 5.82 Å². The minimum atomic E-state index is -0.190. The number of hydrogen-bond donors (Lipinski definition) is 1. The number of hydrogen-bond acceptors (Lipinski definition) is 1. The lowest BCUT2D eigenvalue weighted by Crippen LogP contribution is -2.23. The molecule has 1 aromatic carbocycles. The fraction of sp³-hybridized carbons (Fsp3) is 0.429. The summed E-state index contributed by atoms with van der Waals surface area (Å²) in [5, 5.41) is 3.33. The molecule has 3 heteroatoms. The molecule has 1 nitrogen and oxygen atoms in total. The van der Waals surface area contributed by atoms with E-state index in [0.717, 1.165) is 23.9 Å². The standard InChI is InChI=1S/C14H17BrFN/c1-3-5-6-14(17-9-4-2)12-8-7-11(15)10-13(12)16/h1,7-8,10,14,17H,4-6,9H2,2H3. The van der Waals surface area contributed by atoms with Gasteiger partial charge in [0.05, 0.1) is 0 Å². The van der Waals surface area contributed by atoms with Crippen molar-refractivity contribution in [2.75, 3.05) is 6.54 Å². The molecular weight excluding hydrogens is 281 g/mol. The maximum Gasteiger partial charge on any atom is 0.129 e. The van der Waals surface area contributed by atoms with Crippen LogP contribution in [0.5, 0.6) is 0 Å². The van der Waals surface area contributed by atoms with E-state index in [9.17, 15) is 4.39 Å². The number of terminal acetylenes is 1. The van der Waals surface area contributed by atoms with Crippen molar-refractivity contribution in [2.24, 2.45) is 0 Å². The smallest absolute Gasteiger partial charge is 0.129 e. The predicted molar refractivity (Wildman–Crippen MR) is 73.2 cm³/mol. The molecule has 0 aliphatic carbocycles. The Morgan fingerprint density at radius 2 is 2.29 bits per heavy atom. The molecule has 0 radical (unpaired) electrons. The van der Waals surface area contributed by atoms with Crippen LogP contribution in [0.15, 0.2) is 22.7 Å². The topological polar surface area (TPSA) is 12.0 Å². The molecule has 0 fully saturated rings. The molecule has 0 saturated carbocycles. The maximum atomic E-state index is 13.8. The van der Waals surface area contributed by atoms with Gasteiger partial charge in [-0.3, -0.25) is 0 Å². The summed E-state index contributed by atoms with van der Waals surface area (Å²) < 4.78 is 14.6. The average Bonchev–Trinajstić information content (AvgIpc) is 2.30. The van der Waals surface area contributed by atoms with Crippen LogP contribution in [0.2, 0.25) is 0 Å². The Bertz CT molecular complexity index is 398. The highest BCUT2D eigenvalue weighted by atomic mass is 79.9. The molecule has 1 aromatic rings. The van der Waals surface area contributed by atoms with Crippen LogP contribution in [0.25, 0.3) is 0 Å². The van der Waals surface area contributed by atoms with Gasteiger partial charge in [-0.15, -0.1) is 12.3 Å². The maximum absolute atomic E-state index is 13.8. The van der Waals surface area contributed by atoms with Crippen LogP contribution in [0.1, 0.15) is 37.8 Å². The molecule has 1 atom stereocenters. The lowest BCUT2D eigenvalue weighted by Gasteiger charge is -2.18. The summed E-state index contributed by atoms with van der Waals surface area (Å²) in [6.45, 7) is 2.95. The molecule has 0 aliphatic heterocycles. The molecule has 0 heterocycles. The van der Waals surface area contributed by atoms with Crippen molar-refractivity contribution in [1.82, 2.24) is 5.32 Å². The molecule has 1 unspecified atom stereocenters. The third-order valence-corrected chi connectivity index (χ3v) is 3.05. The van der Waals surface area contributed by atoms with Crippen molar-refractivity contribution in [3.05, 3.63) is 34.1 Å². The highest BCUT2D eigenvalue weighted by molar-refractivity contribution is 9.10. The molecule has 0 bridgehead atoms. The fourth-order valence-corrected chi connectivity index (χ4v) is 2.03. The minimum Gasteiger partial charge on any atom is -0.310 e. The summed E-state index contributed by atoms with van der Waals surface area (Å²) in [5.74, 6) is 2.41. The van der Waals surface area contributed by atoms with E-state index in [4.69, 9.17) is 6.42 Å². The zero-order valence-corrected chi connectivity index (χ0v) is 11.6. The molecular formula is C14H17BrFN. The SMILES string of the molecule is C#CCCC(NCCC)c1ccc(Br)cc1F. The van der Waals surface area contributed by atoms with Gasteiger partial charge < -0.3 is 5.32 Å². The van der Waals surface area contributed by atoms with E-state index in [-0.39, 0.29) is 11.9 Å². The van der Waals surface area contributed by atoms with Crippen LogP contribution in [0, 0.1) is 18.2 Å². The Labute approximate surface area is 111 Å². The monoisotopic (exact) mass is 297 g/mol.